The predicted octanol–water partition coefficient (Wildman–Crippen LogP) is -0.0305. The Balaban J connectivity index is 2.26. The number of hydrogen-bond acceptors (Lipinski definition) is 3. The number of nitrogens with zero attached hydrogens (tertiary/aromatic N) is 2. The minimum Gasteiger partial charge on any atom is -0.327 e. The van der Waals surface area contributed by atoms with Gasteiger partial charge in [-0.05, 0) is 34.0 Å². The van der Waals surface area contributed by atoms with Gasteiger partial charge in [0.1, 0.15) is 0 Å². The summed E-state index contributed by atoms with van der Waals surface area (Å²) in [7, 11) is 4.31. The average molecular weight is 171 g/mol. The first kappa shape index (κ1) is 9.96. The lowest BCUT2D eigenvalue weighted by molar-refractivity contribution is 0.262. The fourth-order valence-electron chi connectivity index (χ4n) is 1.81. The van der Waals surface area contributed by atoms with E-state index in [4.69, 9.17) is 5.73 Å². The molecule has 0 spiro atoms. The summed E-state index contributed by atoms with van der Waals surface area (Å²) >= 11 is 0. The smallest absolute Gasteiger partial charge is 0.0229 e. The summed E-state index contributed by atoms with van der Waals surface area (Å²) < 4.78 is 0. The van der Waals surface area contributed by atoms with Gasteiger partial charge >= 0.3 is 0 Å². The van der Waals surface area contributed by atoms with Gasteiger partial charge in [-0.15, -0.1) is 0 Å². The van der Waals surface area contributed by atoms with Gasteiger partial charge in [0.2, 0.25) is 0 Å². The predicted molar refractivity (Wildman–Crippen MR) is 52.2 cm³/mol. The zero-order chi connectivity index (χ0) is 9.14. The highest BCUT2D eigenvalue weighted by molar-refractivity contribution is 4.81. The van der Waals surface area contributed by atoms with Crippen LogP contribution in [0, 0.1) is 0 Å². The van der Waals surface area contributed by atoms with Gasteiger partial charge in [-0.1, -0.05) is 0 Å². The van der Waals surface area contributed by atoms with Crippen LogP contribution in [0.2, 0.25) is 0 Å². The van der Waals surface area contributed by atoms with Crippen LogP contribution in [-0.2, 0) is 0 Å². The zero-order valence-electron chi connectivity index (χ0n) is 8.45. The lowest BCUT2D eigenvalue weighted by Gasteiger charge is -2.21. The minimum absolute atomic E-state index is 0.311. The molecule has 0 radical (unpaired) electrons. The molecule has 1 heterocycles. The molecule has 2 N–H and O–H groups in total. The Morgan fingerprint density at radius 3 is 2.67 bits per heavy atom. The first-order valence-corrected chi connectivity index (χ1v) is 4.74. The molecule has 1 saturated heterocycles. The summed E-state index contributed by atoms with van der Waals surface area (Å²) in [6.07, 6.45) is 1.29. The van der Waals surface area contributed by atoms with E-state index in [1.54, 1.807) is 0 Å². The van der Waals surface area contributed by atoms with E-state index in [1.165, 1.54) is 19.5 Å². The van der Waals surface area contributed by atoms with Crippen LogP contribution in [0.1, 0.15) is 13.3 Å². The second kappa shape index (κ2) is 4.21. The van der Waals surface area contributed by atoms with Crippen molar-refractivity contribution in [1.82, 2.24) is 9.80 Å². The molecule has 1 aliphatic heterocycles. The van der Waals surface area contributed by atoms with Crippen molar-refractivity contribution >= 4 is 0 Å². The summed E-state index contributed by atoms with van der Waals surface area (Å²) in [4.78, 5) is 4.76. The number of likely N-dealkylation sites (N-methyl/N-ethyl adjacent to an activating group) is 1. The van der Waals surface area contributed by atoms with Crippen molar-refractivity contribution in [3.8, 4) is 0 Å². The van der Waals surface area contributed by atoms with Crippen molar-refractivity contribution in [3.05, 3.63) is 0 Å². The third kappa shape index (κ3) is 2.73. The molecule has 1 aliphatic rings. The highest BCUT2D eigenvalue weighted by Gasteiger charge is 2.23. The molecule has 3 nitrogen and oxygen atoms in total. The van der Waals surface area contributed by atoms with Crippen LogP contribution in [-0.4, -0.2) is 55.6 Å². The standard InChI is InChI=1S/C9H21N3/c1-8(10)6-12-5-4-9(7-12)11(2)3/h8-9H,4-7,10H2,1-3H3/t8-,9?/m1/s1. The van der Waals surface area contributed by atoms with E-state index in [0.29, 0.717) is 6.04 Å². The summed E-state index contributed by atoms with van der Waals surface area (Å²) in [5, 5.41) is 0. The monoisotopic (exact) mass is 171 g/mol. The van der Waals surface area contributed by atoms with Gasteiger partial charge in [0, 0.05) is 25.2 Å². The first-order valence-electron chi connectivity index (χ1n) is 4.74. The Bertz CT molecular complexity index is 134. The van der Waals surface area contributed by atoms with Gasteiger partial charge in [0.05, 0.1) is 0 Å². The van der Waals surface area contributed by atoms with Gasteiger partial charge in [-0.2, -0.15) is 0 Å². The topological polar surface area (TPSA) is 32.5 Å². The van der Waals surface area contributed by atoms with E-state index in [0.717, 1.165) is 12.6 Å². The van der Waals surface area contributed by atoms with Crippen LogP contribution < -0.4 is 5.73 Å². The maximum Gasteiger partial charge on any atom is 0.0229 e. The van der Waals surface area contributed by atoms with Crippen LogP contribution in [0.4, 0.5) is 0 Å². The van der Waals surface area contributed by atoms with Crippen molar-refractivity contribution in [2.24, 2.45) is 5.73 Å². The SMILES string of the molecule is C[C@@H](N)CN1CCC(N(C)C)C1. The largest absolute Gasteiger partial charge is 0.327 e. The number of rotatable bonds is 3. The molecule has 0 aromatic rings. The maximum absolute atomic E-state index is 5.74. The third-order valence-electron chi connectivity index (χ3n) is 2.52. The van der Waals surface area contributed by atoms with Crippen molar-refractivity contribution in [3.63, 3.8) is 0 Å². The van der Waals surface area contributed by atoms with E-state index in [2.05, 4.69) is 30.8 Å². The first-order chi connectivity index (χ1) is 5.59. The third-order valence-corrected chi connectivity index (χ3v) is 2.52. The van der Waals surface area contributed by atoms with Crippen LogP contribution in [0.25, 0.3) is 0 Å². The molecule has 0 saturated carbocycles. The second-order valence-electron chi connectivity index (χ2n) is 4.14. The Hall–Kier alpha value is -0.120. The molecule has 0 aromatic heterocycles. The highest BCUT2D eigenvalue weighted by Crippen LogP contribution is 2.12. The molecule has 0 aromatic carbocycles. The molecule has 0 bridgehead atoms. The lowest BCUT2D eigenvalue weighted by atomic mass is 10.2. The van der Waals surface area contributed by atoms with Crippen molar-refractivity contribution < 1.29 is 0 Å². The van der Waals surface area contributed by atoms with E-state index in [1.807, 2.05) is 0 Å². The quantitative estimate of drug-likeness (QED) is 0.647. The summed E-state index contributed by atoms with van der Waals surface area (Å²) in [6.45, 7) is 5.52. The molecule has 1 fully saturated rings. The van der Waals surface area contributed by atoms with E-state index in [9.17, 15) is 0 Å². The molecule has 1 unspecified atom stereocenters. The number of hydrogen-bond donors (Lipinski definition) is 1. The van der Waals surface area contributed by atoms with Gasteiger partial charge in [-0.25, -0.2) is 0 Å². The summed E-state index contributed by atoms with van der Waals surface area (Å²) in [5.74, 6) is 0. The van der Waals surface area contributed by atoms with Gasteiger partial charge in [-0.3, -0.25) is 0 Å². The van der Waals surface area contributed by atoms with E-state index >= 15 is 0 Å². The molecule has 72 valence electrons. The normalized spacial score (nSPS) is 28.2. The molecule has 0 aliphatic carbocycles. The van der Waals surface area contributed by atoms with E-state index < -0.39 is 0 Å². The molecular formula is C9H21N3. The fraction of sp³-hybridized carbons (Fsp3) is 1.00. The van der Waals surface area contributed by atoms with Gasteiger partial charge in [0.25, 0.3) is 0 Å². The number of nitrogens with two attached hydrogens (primary N) is 1. The minimum atomic E-state index is 0.311. The summed E-state index contributed by atoms with van der Waals surface area (Å²) in [6, 6.07) is 1.05. The molecular weight excluding hydrogens is 150 g/mol. The molecule has 3 heteroatoms. The van der Waals surface area contributed by atoms with E-state index in [-0.39, 0.29) is 0 Å². The van der Waals surface area contributed by atoms with Crippen molar-refractivity contribution in [2.45, 2.75) is 25.4 Å². The Kier molecular flexibility index (Phi) is 3.50. The van der Waals surface area contributed by atoms with Crippen LogP contribution >= 0.6 is 0 Å². The molecule has 0 amide bonds. The fourth-order valence-corrected chi connectivity index (χ4v) is 1.81. The lowest BCUT2D eigenvalue weighted by Crippen LogP contribution is -2.37. The summed E-state index contributed by atoms with van der Waals surface area (Å²) in [5.41, 5.74) is 5.74. The second-order valence-corrected chi connectivity index (χ2v) is 4.14. The number of likely N-dealkylation sites (tertiary alicyclic amines) is 1. The van der Waals surface area contributed by atoms with Crippen LogP contribution in [0.5, 0.6) is 0 Å². The highest BCUT2D eigenvalue weighted by atomic mass is 15.2. The van der Waals surface area contributed by atoms with Crippen LogP contribution in [0.15, 0.2) is 0 Å². The Morgan fingerprint density at radius 1 is 1.58 bits per heavy atom. The molecule has 12 heavy (non-hydrogen) atoms. The Labute approximate surface area is 75.5 Å². The average Bonchev–Trinajstić information content (AvgIpc) is 2.34. The van der Waals surface area contributed by atoms with Gasteiger partial charge in [0.15, 0.2) is 0 Å². The molecule has 1 rings (SSSR count). The Morgan fingerprint density at radius 2 is 2.25 bits per heavy atom. The zero-order valence-corrected chi connectivity index (χ0v) is 8.45. The maximum atomic E-state index is 5.74. The van der Waals surface area contributed by atoms with Crippen LogP contribution in [0.3, 0.4) is 0 Å². The van der Waals surface area contributed by atoms with Crippen molar-refractivity contribution in [1.29, 1.82) is 0 Å². The van der Waals surface area contributed by atoms with Crippen molar-refractivity contribution in [2.75, 3.05) is 33.7 Å². The molecule has 2 atom stereocenters. The van der Waals surface area contributed by atoms with Gasteiger partial charge < -0.3 is 15.5 Å².